The maximum Gasteiger partial charge on any atom is 0.271 e. The highest BCUT2D eigenvalue weighted by molar-refractivity contribution is 7.16. The van der Waals surface area contributed by atoms with Gasteiger partial charge in [0.1, 0.15) is 11.4 Å². The molecule has 26 heavy (non-hydrogen) atoms. The van der Waals surface area contributed by atoms with Crippen LogP contribution in [0.15, 0.2) is 35.5 Å². The molecule has 1 aliphatic heterocycles. The van der Waals surface area contributed by atoms with Gasteiger partial charge in [0.15, 0.2) is 4.96 Å². The number of carbonyl (C=O) groups excluding carboxylic acids is 1. The van der Waals surface area contributed by atoms with Crippen molar-refractivity contribution in [3.05, 3.63) is 57.1 Å². The zero-order valence-electron chi connectivity index (χ0n) is 14.7. The van der Waals surface area contributed by atoms with Crippen molar-refractivity contribution in [2.75, 3.05) is 31.1 Å². The van der Waals surface area contributed by atoms with Crippen LogP contribution < -0.4 is 10.5 Å². The smallest absolute Gasteiger partial charge is 0.271 e. The van der Waals surface area contributed by atoms with Crippen LogP contribution in [0.25, 0.3) is 4.96 Å². The van der Waals surface area contributed by atoms with E-state index in [4.69, 9.17) is 0 Å². The van der Waals surface area contributed by atoms with Crippen LogP contribution in [0.4, 0.5) is 5.82 Å². The molecular weight excluding hydrogens is 350 g/mol. The van der Waals surface area contributed by atoms with E-state index in [-0.39, 0.29) is 17.0 Å². The number of aromatic nitrogens is 3. The molecule has 0 N–H and O–H groups in total. The largest absolute Gasteiger partial charge is 0.353 e. The van der Waals surface area contributed by atoms with E-state index in [1.165, 1.54) is 21.9 Å². The molecule has 3 aromatic rings. The van der Waals surface area contributed by atoms with Crippen LogP contribution in [-0.2, 0) is 0 Å². The van der Waals surface area contributed by atoms with Gasteiger partial charge in [0.25, 0.3) is 11.5 Å². The number of thiazole rings is 1. The van der Waals surface area contributed by atoms with Gasteiger partial charge in [0, 0.05) is 49.6 Å². The van der Waals surface area contributed by atoms with E-state index in [0.29, 0.717) is 31.1 Å². The zero-order valence-corrected chi connectivity index (χ0v) is 15.5. The first-order valence-corrected chi connectivity index (χ1v) is 9.29. The van der Waals surface area contributed by atoms with Gasteiger partial charge in [-0.2, -0.15) is 0 Å². The third-order valence-corrected chi connectivity index (χ3v) is 5.46. The summed E-state index contributed by atoms with van der Waals surface area (Å²) in [5.74, 6) is 0.673. The van der Waals surface area contributed by atoms with Gasteiger partial charge in [-0.1, -0.05) is 0 Å². The molecule has 1 amide bonds. The Balaban J connectivity index is 1.52. The van der Waals surface area contributed by atoms with E-state index in [1.807, 2.05) is 26.0 Å². The first-order chi connectivity index (χ1) is 12.5. The second kappa shape index (κ2) is 6.53. The molecule has 0 bridgehead atoms. The number of carbonyl (C=O) groups is 1. The van der Waals surface area contributed by atoms with Gasteiger partial charge < -0.3 is 9.80 Å². The second-order valence-corrected chi connectivity index (χ2v) is 7.66. The quantitative estimate of drug-likeness (QED) is 0.688. The Morgan fingerprint density at radius 2 is 1.92 bits per heavy atom. The van der Waals surface area contributed by atoms with E-state index < -0.39 is 0 Å². The third-order valence-electron chi connectivity index (χ3n) is 4.54. The van der Waals surface area contributed by atoms with Crippen LogP contribution in [0.5, 0.6) is 0 Å². The Kier molecular flexibility index (Phi) is 4.20. The van der Waals surface area contributed by atoms with E-state index >= 15 is 0 Å². The van der Waals surface area contributed by atoms with Crippen molar-refractivity contribution in [2.24, 2.45) is 0 Å². The lowest BCUT2D eigenvalue weighted by molar-refractivity contribution is 0.0744. The molecule has 0 unspecified atom stereocenters. The third kappa shape index (κ3) is 2.96. The van der Waals surface area contributed by atoms with Crippen molar-refractivity contribution >= 4 is 28.0 Å². The Hall–Kier alpha value is -2.74. The summed E-state index contributed by atoms with van der Waals surface area (Å²) < 4.78 is 1.46. The van der Waals surface area contributed by atoms with E-state index in [1.54, 1.807) is 17.3 Å². The van der Waals surface area contributed by atoms with Gasteiger partial charge in [0.05, 0.1) is 0 Å². The number of pyridine rings is 1. The van der Waals surface area contributed by atoms with Crippen molar-refractivity contribution in [2.45, 2.75) is 13.8 Å². The van der Waals surface area contributed by atoms with E-state index in [0.717, 1.165) is 16.3 Å². The normalized spacial score (nSPS) is 14.8. The number of amides is 1. The number of hydrogen-bond acceptors (Lipinski definition) is 6. The highest BCUT2D eigenvalue weighted by Gasteiger charge is 2.25. The lowest BCUT2D eigenvalue weighted by Gasteiger charge is -2.35. The molecule has 3 aromatic heterocycles. The van der Waals surface area contributed by atoms with Crippen LogP contribution in [-0.4, -0.2) is 51.4 Å². The molecule has 1 fully saturated rings. The van der Waals surface area contributed by atoms with Gasteiger partial charge in [-0.25, -0.2) is 9.97 Å². The lowest BCUT2D eigenvalue weighted by Crippen LogP contribution is -2.50. The number of nitrogens with zero attached hydrogens (tertiary/aromatic N) is 5. The van der Waals surface area contributed by atoms with Crippen molar-refractivity contribution in [3.63, 3.8) is 0 Å². The molecule has 1 saturated heterocycles. The van der Waals surface area contributed by atoms with Gasteiger partial charge in [-0.05, 0) is 31.5 Å². The molecule has 0 aromatic carbocycles. The number of aryl methyl sites for hydroxylation is 2. The minimum absolute atomic E-state index is 0.127. The van der Waals surface area contributed by atoms with Crippen LogP contribution >= 0.6 is 11.3 Å². The summed E-state index contributed by atoms with van der Waals surface area (Å²) >= 11 is 1.43. The molecule has 0 aliphatic carbocycles. The fourth-order valence-corrected chi connectivity index (χ4v) is 3.93. The van der Waals surface area contributed by atoms with Crippen LogP contribution in [0.3, 0.4) is 0 Å². The van der Waals surface area contributed by atoms with Crippen LogP contribution in [0, 0.1) is 13.8 Å². The summed E-state index contributed by atoms with van der Waals surface area (Å²) in [7, 11) is 0. The number of anilines is 1. The Morgan fingerprint density at radius 1 is 1.15 bits per heavy atom. The van der Waals surface area contributed by atoms with Gasteiger partial charge in [0.2, 0.25) is 0 Å². The standard InChI is InChI=1S/C18H19N5O2S/c1-12-3-4-19-15(9-12)21-5-7-22(8-6-21)16(24)14-10-20-18-23(17(14)25)11-13(2)26-18/h3-4,9-11H,5-8H2,1-2H3. The molecule has 134 valence electrons. The number of rotatable bonds is 2. The molecule has 1 aliphatic rings. The van der Waals surface area contributed by atoms with Crippen molar-refractivity contribution in [1.82, 2.24) is 19.3 Å². The Morgan fingerprint density at radius 3 is 2.65 bits per heavy atom. The SMILES string of the molecule is Cc1ccnc(N2CCN(C(=O)c3cnc4sc(C)cn4c3=O)CC2)c1. The summed E-state index contributed by atoms with van der Waals surface area (Å²) in [6, 6.07) is 4.01. The number of hydrogen-bond donors (Lipinski definition) is 0. The maximum absolute atomic E-state index is 12.8. The van der Waals surface area contributed by atoms with Crippen LogP contribution in [0.1, 0.15) is 20.8 Å². The first-order valence-electron chi connectivity index (χ1n) is 8.47. The van der Waals surface area contributed by atoms with Crippen molar-refractivity contribution in [3.8, 4) is 0 Å². The van der Waals surface area contributed by atoms with E-state index in [2.05, 4.69) is 14.9 Å². The second-order valence-electron chi connectivity index (χ2n) is 6.44. The summed E-state index contributed by atoms with van der Waals surface area (Å²) in [5.41, 5.74) is 0.988. The Labute approximate surface area is 154 Å². The maximum atomic E-state index is 12.8. The van der Waals surface area contributed by atoms with Crippen molar-refractivity contribution in [1.29, 1.82) is 0 Å². The molecule has 0 atom stereocenters. The molecule has 4 heterocycles. The predicted molar refractivity (Wildman–Crippen MR) is 101 cm³/mol. The molecule has 7 nitrogen and oxygen atoms in total. The minimum atomic E-state index is -0.299. The average Bonchev–Trinajstić information content (AvgIpc) is 3.03. The number of fused-ring (bicyclic) bond motifs is 1. The zero-order chi connectivity index (χ0) is 18.3. The fourth-order valence-electron chi connectivity index (χ4n) is 3.14. The summed E-state index contributed by atoms with van der Waals surface area (Å²) in [6.07, 6.45) is 4.94. The van der Waals surface area contributed by atoms with E-state index in [9.17, 15) is 9.59 Å². The molecule has 0 radical (unpaired) electrons. The predicted octanol–water partition coefficient (Wildman–Crippen LogP) is 1.73. The minimum Gasteiger partial charge on any atom is -0.353 e. The fraction of sp³-hybridized carbons (Fsp3) is 0.333. The van der Waals surface area contributed by atoms with Crippen LogP contribution in [0.2, 0.25) is 0 Å². The summed E-state index contributed by atoms with van der Waals surface area (Å²) in [5, 5.41) is 0. The highest BCUT2D eigenvalue weighted by Crippen LogP contribution is 2.16. The topological polar surface area (TPSA) is 70.8 Å². The highest BCUT2D eigenvalue weighted by atomic mass is 32.1. The summed E-state index contributed by atoms with van der Waals surface area (Å²) in [6.45, 7) is 6.44. The molecular formula is C18H19N5O2S. The molecule has 0 saturated carbocycles. The van der Waals surface area contributed by atoms with Gasteiger partial charge in [-0.3, -0.25) is 14.0 Å². The van der Waals surface area contributed by atoms with Gasteiger partial charge >= 0.3 is 0 Å². The lowest BCUT2D eigenvalue weighted by atomic mass is 10.2. The first kappa shape index (κ1) is 16.7. The monoisotopic (exact) mass is 369 g/mol. The number of piperazine rings is 1. The molecule has 4 rings (SSSR count). The van der Waals surface area contributed by atoms with Crippen molar-refractivity contribution < 1.29 is 4.79 Å². The molecule has 0 spiro atoms. The average molecular weight is 369 g/mol. The summed E-state index contributed by atoms with van der Waals surface area (Å²) in [4.78, 5) is 39.6. The Bertz CT molecular complexity index is 1030. The van der Waals surface area contributed by atoms with Gasteiger partial charge in [-0.15, -0.1) is 11.3 Å². The molecule has 8 heteroatoms.